The highest BCUT2D eigenvalue weighted by Crippen LogP contribution is 2.15. The van der Waals surface area contributed by atoms with Gasteiger partial charge in [-0.15, -0.1) is 0 Å². The van der Waals surface area contributed by atoms with Crippen molar-refractivity contribution in [1.82, 2.24) is 10.2 Å². The maximum atomic E-state index is 11.2. The molecule has 0 bridgehead atoms. The molecular formula is C9H6N2O3. The van der Waals surface area contributed by atoms with Crippen LogP contribution in [0.4, 0.5) is 0 Å². The zero-order valence-corrected chi connectivity index (χ0v) is 7.06. The van der Waals surface area contributed by atoms with Crippen LogP contribution >= 0.6 is 0 Å². The number of H-pyrrole nitrogens is 1. The van der Waals surface area contributed by atoms with E-state index >= 15 is 0 Å². The van der Waals surface area contributed by atoms with Crippen molar-refractivity contribution in [2.75, 3.05) is 0 Å². The van der Waals surface area contributed by atoms with Crippen LogP contribution in [0.5, 0.6) is 0 Å². The summed E-state index contributed by atoms with van der Waals surface area (Å²) in [6, 6.07) is 7.09. The number of carbonyl (C=O) groups is 2. The number of aromatic nitrogens is 2. The molecule has 0 aliphatic rings. The van der Waals surface area contributed by atoms with Crippen molar-refractivity contribution in [1.29, 1.82) is 0 Å². The van der Waals surface area contributed by atoms with Crippen molar-refractivity contribution < 1.29 is 14.3 Å². The first-order valence-corrected chi connectivity index (χ1v) is 3.90. The van der Waals surface area contributed by atoms with Crippen LogP contribution in [0.3, 0.4) is 0 Å². The summed E-state index contributed by atoms with van der Waals surface area (Å²) in [5.74, 6) is -0.752. The van der Waals surface area contributed by atoms with Gasteiger partial charge in [0.2, 0.25) is 0 Å². The third-order valence-corrected chi connectivity index (χ3v) is 1.82. The maximum absolute atomic E-state index is 11.2. The molecule has 0 saturated carbocycles. The molecule has 0 radical (unpaired) electrons. The molecule has 2 rings (SSSR count). The van der Waals surface area contributed by atoms with Gasteiger partial charge in [-0.2, -0.15) is 5.10 Å². The first-order valence-electron chi connectivity index (χ1n) is 3.90. The van der Waals surface area contributed by atoms with Crippen molar-refractivity contribution in [2.45, 2.75) is 0 Å². The minimum absolute atomic E-state index is 0.0891. The van der Waals surface area contributed by atoms with E-state index in [9.17, 15) is 9.59 Å². The quantitative estimate of drug-likeness (QED) is 0.433. The summed E-state index contributed by atoms with van der Waals surface area (Å²) >= 11 is 0. The summed E-state index contributed by atoms with van der Waals surface area (Å²) in [6.45, 7) is 0.0891. The summed E-state index contributed by atoms with van der Waals surface area (Å²) in [5.41, 5.74) is 0.845. The lowest BCUT2D eigenvalue weighted by atomic mass is 10.2. The average molecular weight is 190 g/mol. The summed E-state index contributed by atoms with van der Waals surface area (Å²) < 4.78 is 4.19. The van der Waals surface area contributed by atoms with Gasteiger partial charge >= 0.3 is 12.4 Å². The molecule has 1 heterocycles. The van der Waals surface area contributed by atoms with Gasteiger partial charge in [-0.05, 0) is 6.07 Å². The van der Waals surface area contributed by atoms with E-state index in [-0.39, 0.29) is 12.2 Å². The second kappa shape index (κ2) is 3.29. The highest BCUT2D eigenvalue weighted by Gasteiger charge is 2.14. The third kappa shape index (κ3) is 1.24. The standard InChI is InChI=1S/C9H6N2O3/c12-5-14-9(13)8-6-3-1-2-4-7(6)10-11-8/h1-5H,(H,10,11). The minimum atomic E-state index is -0.752. The average Bonchev–Trinajstić information content (AvgIpc) is 2.61. The Morgan fingerprint density at radius 2 is 2.21 bits per heavy atom. The van der Waals surface area contributed by atoms with E-state index < -0.39 is 5.97 Å². The summed E-state index contributed by atoms with van der Waals surface area (Å²) in [4.78, 5) is 21.1. The molecule has 0 amide bonds. The number of nitrogens with zero attached hydrogens (tertiary/aromatic N) is 1. The number of para-hydroxylation sites is 1. The molecule has 5 heteroatoms. The molecule has 14 heavy (non-hydrogen) atoms. The highest BCUT2D eigenvalue weighted by molar-refractivity contribution is 6.03. The molecule has 0 unspecified atom stereocenters. The fourth-order valence-corrected chi connectivity index (χ4v) is 1.22. The van der Waals surface area contributed by atoms with Crippen LogP contribution in [0, 0.1) is 0 Å². The van der Waals surface area contributed by atoms with Gasteiger partial charge < -0.3 is 4.74 Å². The Labute approximate surface area is 78.7 Å². The number of rotatable bonds is 2. The van der Waals surface area contributed by atoms with Crippen LogP contribution in [-0.4, -0.2) is 22.6 Å². The monoisotopic (exact) mass is 190 g/mol. The molecule has 0 atom stereocenters. The Morgan fingerprint density at radius 1 is 1.43 bits per heavy atom. The zero-order chi connectivity index (χ0) is 9.97. The fourth-order valence-electron chi connectivity index (χ4n) is 1.22. The number of esters is 1. The van der Waals surface area contributed by atoms with Crippen molar-refractivity contribution in [2.24, 2.45) is 0 Å². The first kappa shape index (κ1) is 8.43. The van der Waals surface area contributed by atoms with Gasteiger partial charge in [0.05, 0.1) is 5.52 Å². The van der Waals surface area contributed by atoms with Gasteiger partial charge in [0.25, 0.3) is 0 Å². The molecule has 1 aromatic carbocycles. The fraction of sp³-hybridized carbons (Fsp3) is 0. The number of carbonyl (C=O) groups excluding carboxylic acids is 2. The summed E-state index contributed by atoms with van der Waals surface area (Å²) in [7, 11) is 0. The van der Waals surface area contributed by atoms with E-state index in [4.69, 9.17) is 0 Å². The number of ether oxygens (including phenoxy) is 1. The lowest BCUT2D eigenvalue weighted by Gasteiger charge is -1.91. The van der Waals surface area contributed by atoms with Gasteiger partial charge in [0.1, 0.15) is 0 Å². The highest BCUT2D eigenvalue weighted by atomic mass is 16.6. The second-order valence-corrected chi connectivity index (χ2v) is 2.62. The number of benzene rings is 1. The van der Waals surface area contributed by atoms with Crippen LogP contribution in [0.2, 0.25) is 0 Å². The Bertz CT molecular complexity index is 490. The van der Waals surface area contributed by atoms with Gasteiger partial charge in [0.15, 0.2) is 5.69 Å². The van der Waals surface area contributed by atoms with Gasteiger partial charge in [-0.3, -0.25) is 9.89 Å². The number of hydrogen-bond donors (Lipinski definition) is 1. The topological polar surface area (TPSA) is 72.1 Å². The predicted octanol–water partition coefficient (Wildman–Crippen LogP) is 0.876. The van der Waals surface area contributed by atoms with Gasteiger partial charge in [-0.25, -0.2) is 4.79 Å². The minimum Gasteiger partial charge on any atom is -0.391 e. The van der Waals surface area contributed by atoms with Crippen molar-refractivity contribution in [3.05, 3.63) is 30.0 Å². The van der Waals surface area contributed by atoms with Crippen LogP contribution in [-0.2, 0) is 9.53 Å². The second-order valence-electron chi connectivity index (χ2n) is 2.62. The van der Waals surface area contributed by atoms with Crippen LogP contribution < -0.4 is 0 Å². The Balaban J connectivity index is 2.52. The number of aromatic amines is 1. The first-order chi connectivity index (χ1) is 6.83. The van der Waals surface area contributed by atoms with Crippen molar-refractivity contribution in [3.8, 4) is 0 Å². The molecule has 5 nitrogen and oxygen atoms in total. The van der Waals surface area contributed by atoms with Crippen molar-refractivity contribution >= 4 is 23.3 Å². The number of fused-ring (bicyclic) bond motifs is 1. The van der Waals surface area contributed by atoms with Gasteiger partial charge in [0, 0.05) is 5.39 Å². The molecule has 70 valence electrons. The molecular weight excluding hydrogens is 184 g/mol. The Morgan fingerprint density at radius 3 is 3.00 bits per heavy atom. The Hall–Kier alpha value is -2.17. The van der Waals surface area contributed by atoms with E-state index in [1.807, 2.05) is 6.07 Å². The van der Waals surface area contributed by atoms with Gasteiger partial charge in [-0.1, -0.05) is 18.2 Å². The molecule has 0 saturated heterocycles. The smallest absolute Gasteiger partial charge is 0.366 e. The third-order valence-electron chi connectivity index (χ3n) is 1.82. The van der Waals surface area contributed by atoms with E-state index in [1.54, 1.807) is 18.2 Å². The van der Waals surface area contributed by atoms with E-state index in [1.165, 1.54) is 0 Å². The normalized spacial score (nSPS) is 10.0. The lowest BCUT2D eigenvalue weighted by molar-refractivity contribution is -0.123. The SMILES string of the molecule is O=COC(=O)c1n[nH]c2ccccc12. The Kier molecular flexibility index (Phi) is 1.98. The van der Waals surface area contributed by atoms with E-state index in [0.29, 0.717) is 5.39 Å². The lowest BCUT2D eigenvalue weighted by Crippen LogP contribution is -2.04. The molecule has 0 fully saturated rings. The maximum Gasteiger partial charge on any atom is 0.366 e. The molecule has 1 N–H and O–H groups in total. The molecule has 0 aliphatic heterocycles. The van der Waals surface area contributed by atoms with Crippen LogP contribution in [0.25, 0.3) is 10.9 Å². The number of hydrogen-bond acceptors (Lipinski definition) is 4. The molecule has 2 aromatic rings. The van der Waals surface area contributed by atoms with E-state index in [0.717, 1.165) is 5.52 Å². The molecule has 0 aliphatic carbocycles. The largest absolute Gasteiger partial charge is 0.391 e. The summed E-state index contributed by atoms with van der Waals surface area (Å²) in [6.07, 6.45) is 0. The zero-order valence-electron chi connectivity index (χ0n) is 7.06. The molecule has 1 aromatic heterocycles. The number of nitrogens with one attached hydrogen (secondary N) is 1. The molecule has 0 spiro atoms. The predicted molar refractivity (Wildman–Crippen MR) is 47.6 cm³/mol. The van der Waals surface area contributed by atoms with E-state index in [2.05, 4.69) is 14.9 Å². The van der Waals surface area contributed by atoms with Crippen LogP contribution in [0.1, 0.15) is 10.5 Å². The van der Waals surface area contributed by atoms with Crippen molar-refractivity contribution in [3.63, 3.8) is 0 Å². The van der Waals surface area contributed by atoms with Crippen LogP contribution in [0.15, 0.2) is 24.3 Å². The summed E-state index contributed by atoms with van der Waals surface area (Å²) in [5, 5.41) is 7.05.